The number of hydrogen-bond acceptors (Lipinski definition) is 6. The van der Waals surface area contributed by atoms with Crippen molar-refractivity contribution in [1.29, 1.82) is 0 Å². The molecule has 2 amide bonds. The standard InChI is InChI=1S/C21H22F3N3O6/c1-5-32-20(30)15-9(2)18(26-10(15)3)21(31)33-11(4)19(29)25-8-14(28)27-13-7-6-12(22)16(23)17(13)24/h6-7,11,26H,5,8H2,1-4H3,(H,25,29)(H,27,28). The molecular formula is C21H22F3N3O6. The molecule has 0 spiro atoms. The lowest BCUT2D eigenvalue weighted by atomic mass is 10.1. The molecule has 1 aromatic carbocycles. The van der Waals surface area contributed by atoms with E-state index in [1.807, 2.05) is 5.32 Å². The normalized spacial score (nSPS) is 11.5. The third-order valence-electron chi connectivity index (χ3n) is 4.51. The number of H-pyrrole nitrogens is 1. The predicted molar refractivity (Wildman–Crippen MR) is 109 cm³/mol. The highest BCUT2D eigenvalue weighted by Crippen LogP contribution is 2.21. The fraction of sp³-hybridized carbons (Fsp3) is 0.333. The second kappa shape index (κ2) is 10.7. The second-order valence-corrected chi connectivity index (χ2v) is 6.88. The summed E-state index contributed by atoms with van der Waals surface area (Å²) in [5.74, 6) is -8.07. The number of ether oxygens (including phenoxy) is 2. The number of halogens is 3. The molecule has 0 aliphatic carbocycles. The summed E-state index contributed by atoms with van der Waals surface area (Å²) in [5, 5.41) is 4.15. The third kappa shape index (κ3) is 5.90. The average molecular weight is 469 g/mol. The minimum absolute atomic E-state index is 0.0400. The van der Waals surface area contributed by atoms with Gasteiger partial charge in [0.1, 0.15) is 5.69 Å². The molecule has 3 N–H and O–H groups in total. The lowest BCUT2D eigenvalue weighted by molar-refractivity contribution is -0.130. The molecular weight excluding hydrogens is 447 g/mol. The Labute approximate surface area is 186 Å². The van der Waals surface area contributed by atoms with Crippen LogP contribution >= 0.6 is 0 Å². The van der Waals surface area contributed by atoms with E-state index in [-0.39, 0.29) is 23.4 Å². The lowest BCUT2D eigenvalue weighted by Gasteiger charge is -2.13. The van der Waals surface area contributed by atoms with Crippen molar-refractivity contribution in [2.45, 2.75) is 33.8 Å². The van der Waals surface area contributed by atoms with E-state index in [4.69, 9.17) is 9.47 Å². The molecule has 1 atom stereocenters. The molecule has 0 saturated heterocycles. The van der Waals surface area contributed by atoms with Crippen LogP contribution in [0.15, 0.2) is 12.1 Å². The monoisotopic (exact) mass is 469 g/mol. The van der Waals surface area contributed by atoms with E-state index >= 15 is 0 Å². The van der Waals surface area contributed by atoms with Crippen molar-refractivity contribution in [3.8, 4) is 0 Å². The summed E-state index contributed by atoms with van der Waals surface area (Å²) in [6.07, 6.45) is -1.33. The molecule has 0 bridgehead atoms. The van der Waals surface area contributed by atoms with Crippen molar-refractivity contribution in [2.75, 3.05) is 18.5 Å². The van der Waals surface area contributed by atoms with Gasteiger partial charge in [0.2, 0.25) is 5.91 Å². The van der Waals surface area contributed by atoms with Gasteiger partial charge in [0.25, 0.3) is 5.91 Å². The molecule has 1 unspecified atom stereocenters. The number of carbonyl (C=O) groups is 4. The molecule has 33 heavy (non-hydrogen) atoms. The molecule has 2 aromatic rings. The van der Waals surface area contributed by atoms with Crippen molar-refractivity contribution in [1.82, 2.24) is 10.3 Å². The Hall–Kier alpha value is -3.83. The van der Waals surface area contributed by atoms with Crippen LogP contribution in [0.4, 0.5) is 18.9 Å². The van der Waals surface area contributed by atoms with Gasteiger partial charge in [-0.3, -0.25) is 9.59 Å². The molecule has 0 aliphatic heterocycles. The summed E-state index contributed by atoms with van der Waals surface area (Å²) in [5.41, 5.74) is 0.207. The number of hydrogen-bond donors (Lipinski definition) is 3. The predicted octanol–water partition coefficient (Wildman–Crippen LogP) is 2.53. The fourth-order valence-corrected chi connectivity index (χ4v) is 2.86. The maximum Gasteiger partial charge on any atom is 0.355 e. The molecule has 178 valence electrons. The Kier molecular flexibility index (Phi) is 8.21. The zero-order valence-electron chi connectivity index (χ0n) is 18.2. The van der Waals surface area contributed by atoms with Crippen molar-refractivity contribution in [2.24, 2.45) is 0 Å². The van der Waals surface area contributed by atoms with Crippen molar-refractivity contribution in [3.05, 3.63) is 52.1 Å². The van der Waals surface area contributed by atoms with Gasteiger partial charge in [-0.1, -0.05) is 0 Å². The highest BCUT2D eigenvalue weighted by atomic mass is 19.2. The number of anilines is 1. The van der Waals surface area contributed by atoms with Crippen molar-refractivity contribution in [3.63, 3.8) is 0 Å². The van der Waals surface area contributed by atoms with Crippen LogP contribution in [0.2, 0.25) is 0 Å². The second-order valence-electron chi connectivity index (χ2n) is 6.88. The van der Waals surface area contributed by atoms with Gasteiger partial charge in [-0.15, -0.1) is 0 Å². The SMILES string of the molecule is CCOC(=O)c1c(C)[nH]c(C(=O)OC(C)C(=O)NCC(=O)Nc2ccc(F)c(F)c2F)c1C. The number of esters is 2. The largest absolute Gasteiger partial charge is 0.462 e. The first-order chi connectivity index (χ1) is 15.5. The number of amides is 2. The minimum atomic E-state index is -1.75. The Bertz CT molecular complexity index is 1100. The molecule has 0 radical (unpaired) electrons. The van der Waals surface area contributed by atoms with Crippen LogP contribution in [-0.2, 0) is 19.1 Å². The number of nitrogens with one attached hydrogen (secondary N) is 3. The molecule has 1 aromatic heterocycles. The lowest BCUT2D eigenvalue weighted by Crippen LogP contribution is -2.40. The Morgan fingerprint density at radius 2 is 1.73 bits per heavy atom. The molecule has 9 nitrogen and oxygen atoms in total. The third-order valence-corrected chi connectivity index (χ3v) is 4.51. The minimum Gasteiger partial charge on any atom is -0.462 e. The Morgan fingerprint density at radius 1 is 1.06 bits per heavy atom. The molecule has 1 heterocycles. The highest BCUT2D eigenvalue weighted by molar-refractivity contribution is 5.99. The summed E-state index contributed by atoms with van der Waals surface area (Å²) in [7, 11) is 0. The average Bonchev–Trinajstić information content (AvgIpc) is 3.06. The summed E-state index contributed by atoms with van der Waals surface area (Å²) in [4.78, 5) is 51.2. The van der Waals surface area contributed by atoms with Crippen LogP contribution in [0.3, 0.4) is 0 Å². The number of benzene rings is 1. The summed E-state index contributed by atoms with van der Waals surface area (Å²) < 4.78 is 49.8. The van der Waals surface area contributed by atoms with Crippen LogP contribution in [0.25, 0.3) is 0 Å². The molecule has 0 aliphatic rings. The van der Waals surface area contributed by atoms with Gasteiger partial charge in [-0.2, -0.15) is 0 Å². The van der Waals surface area contributed by atoms with Crippen LogP contribution < -0.4 is 10.6 Å². The molecule has 2 rings (SSSR count). The van der Waals surface area contributed by atoms with Gasteiger partial charge in [-0.25, -0.2) is 22.8 Å². The van der Waals surface area contributed by atoms with Gasteiger partial charge in [0.15, 0.2) is 23.6 Å². The van der Waals surface area contributed by atoms with Crippen molar-refractivity contribution >= 4 is 29.4 Å². The molecule has 12 heteroatoms. The van der Waals surface area contributed by atoms with E-state index in [1.54, 1.807) is 13.8 Å². The maximum absolute atomic E-state index is 13.6. The van der Waals surface area contributed by atoms with Gasteiger partial charge >= 0.3 is 11.9 Å². The number of rotatable bonds is 8. The van der Waals surface area contributed by atoms with E-state index in [1.165, 1.54) is 13.8 Å². The maximum atomic E-state index is 13.6. The summed E-state index contributed by atoms with van der Waals surface area (Å²) >= 11 is 0. The number of aromatic nitrogens is 1. The van der Waals surface area contributed by atoms with E-state index in [0.717, 1.165) is 6.07 Å². The first-order valence-electron chi connectivity index (χ1n) is 9.76. The molecule has 0 saturated carbocycles. The van der Waals surface area contributed by atoms with Crippen LogP contribution in [-0.4, -0.2) is 48.0 Å². The summed E-state index contributed by atoms with van der Waals surface area (Å²) in [6, 6.07) is 1.45. The topological polar surface area (TPSA) is 127 Å². The highest BCUT2D eigenvalue weighted by Gasteiger charge is 2.26. The number of carbonyl (C=O) groups excluding carboxylic acids is 4. The zero-order valence-corrected chi connectivity index (χ0v) is 18.2. The zero-order chi connectivity index (χ0) is 24.9. The van der Waals surface area contributed by atoms with Crippen LogP contribution in [0, 0.1) is 31.3 Å². The van der Waals surface area contributed by atoms with Gasteiger partial charge in [0.05, 0.1) is 24.4 Å². The first-order valence-corrected chi connectivity index (χ1v) is 9.76. The van der Waals surface area contributed by atoms with Crippen molar-refractivity contribution < 1.29 is 41.8 Å². The van der Waals surface area contributed by atoms with E-state index in [0.29, 0.717) is 11.8 Å². The molecule has 0 fully saturated rings. The Morgan fingerprint density at radius 3 is 2.36 bits per heavy atom. The quantitative estimate of drug-likeness (QED) is 0.403. The van der Waals surface area contributed by atoms with Gasteiger partial charge < -0.3 is 25.1 Å². The van der Waals surface area contributed by atoms with Gasteiger partial charge in [0, 0.05) is 5.69 Å². The van der Waals surface area contributed by atoms with Gasteiger partial charge in [-0.05, 0) is 45.4 Å². The Balaban J connectivity index is 1.95. The van der Waals surface area contributed by atoms with Crippen LogP contribution in [0.5, 0.6) is 0 Å². The summed E-state index contributed by atoms with van der Waals surface area (Å²) in [6.45, 7) is 5.46. The number of aromatic amines is 1. The number of aryl methyl sites for hydroxylation is 1. The fourth-order valence-electron chi connectivity index (χ4n) is 2.86. The van der Waals surface area contributed by atoms with E-state index in [9.17, 15) is 32.3 Å². The smallest absolute Gasteiger partial charge is 0.355 e. The van der Waals surface area contributed by atoms with Crippen LogP contribution in [0.1, 0.15) is 46.0 Å². The van der Waals surface area contributed by atoms with E-state index in [2.05, 4.69) is 10.3 Å². The first kappa shape index (κ1) is 25.4. The van der Waals surface area contributed by atoms with E-state index < -0.39 is 59.5 Å².